The van der Waals surface area contributed by atoms with Gasteiger partial charge in [-0.2, -0.15) is 0 Å². The van der Waals surface area contributed by atoms with Crippen LogP contribution in [-0.2, 0) is 4.79 Å². The lowest BCUT2D eigenvalue weighted by molar-refractivity contribution is -0.115. The summed E-state index contributed by atoms with van der Waals surface area (Å²) in [5.41, 5.74) is 3.77. The summed E-state index contributed by atoms with van der Waals surface area (Å²) in [7, 11) is 0. The molecule has 2 N–H and O–H groups in total. The number of amides is 2. The quantitative estimate of drug-likeness (QED) is 0.289. The van der Waals surface area contributed by atoms with Crippen LogP contribution in [0.15, 0.2) is 66.1 Å². The highest BCUT2D eigenvalue weighted by Gasteiger charge is 2.24. The zero-order valence-electron chi connectivity index (χ0n) is 20.7. The van der Waals surface area contributed by atoms with E-state index in [0.29, 0.717) is 42.8 Å². The Bertz CT molecular complexity index is 1280. The van der Waals surface area contributed by atoms with Crippen molar-refractivity contribution in [2.45, 2.75) is 19.8 Å². The number of nitrogens with zero attached hydrogens (tertiary/aromatic N) is 2. The number of thiocarbonyl (C=S) groups is 1. The Morgan fingerprint density at radius 1 is 1.05 bits per heavy atom. The second kappa shape index (κ2) is 12.4. The van der Waals surface area contributed by atoms with Gasteiger partial charge < -0.3 is 15.1 Å². The van der Waals surface area contributed by atoms with Gasteiger partial charge in [0.25, 0.3) is 5.91 Å². The molecule has 0 saturated carbocycles. The van der Waals surface area contributed by atoms with E-state index < -0.39 is 0 Å². The van der Waals surface area contributed by atoms with E-state index in [1.54, 1.807) is 12.1 Å². The minimum Gasteiger partial charge on any atom is -0.367 e. The average Bonchev–Trinajstić information content (AvgIpc) is 3.43. The van der Waals surface area contributed by atoms with Gasteiger partial charge in [-0.05, 0) is 65.0 Å². The highest BCUT2D eigenvalue weighted by Crippen LogP contribution is 2.30. The molecule has 0 atom stereocenters. The molecule has 0 bridgehead atoms. The summed E-state index contributed by atoms with van der Waals surface area (Å²) in [5, 5.41) is 8.34. The standard InChI is InChI=1S/C28H29ClN4O2S2/c1-19(2)21-8-5-20(6-9-21)7-12-26(34)31-28(36)30-22-10-11-24(23(29)18-22)32-13-15-33(16-14-32)27(35)25-4-3-17-37-25/h3-12,17-19H,13-16H2,1-2H3,(H2,30,31,34,36)/b12-7+. The number of anilines is 2. The van der Waals surface area contributed by atoms with Crippen molar-refractivity contribution in [2.75, 3.05) is 36.4 Å². The summed E-state index contributed by atoms with van der Waals surface area (Å²) >= 11 is 13.3. The number of rotatable bonds is 6. The van der Waals surface area contributed by atoms with Crippen LogP contribution in [0.2, 0.25) is 5.02 Å². The maximum Gasteiger partial charge on any atom is 0.264 e. The van der Waals surface area contributed by atoms with Gasteiger partial charge in [-0.15, -0.1) is 11.3 Å². The summed E-state index contributed by atoms with van der Waals surface area (Å²) < 4.78 is 0. The van der Waals surface area contributed by atoms with Crippen LogP contribution in [0.4, 0.5) is 11.4 Å². The van der Waals surface area contributed by atoms with Crippen molar-refractivity contribution in [2.24, 2.45) is 0 Å². The van der Waals surface area contributed by atoms with Gasteiger partial charge in [-0.1, -0.05) is 55.8 Å². The molecule has 0 radical (unpaired) electrons. The molecule has 3 aromatic rings. The Morgan fingerprint density at radius 2 is 1.78 bits per heavy atom. The summed E-state index contributed by atoms with van der Waals surface area (Å²) in [6.07, 6.45) is 3.21. The lowest BCUT2D eigenvalue weighted by Gasteiger charge is -2.36. The first-order valence-corrected chi connectivity index (χ1v) is 13.7. The fourth-order valence-corrected chi connectivity index (χ4v) is 5.24. The van der Waals surface area contributed by atoms with Gasteiger partial charge in [0.2, 0.25) is 5.91 Å². The van der Waals surface area contributed by atoms with E-state index in [4.69, 9.17) is 23.8 Å². The largest absolute Gasteiger partial charge is 0.367 e. The van der Waals surface area contributed by atoms with Crippen molar-refractivity contribution >= 4 is 69.5 Å². The zero-order chi connectivity index (χ0) is 26.4. The molecule has 2 amide bonds. The molecule has 0 unspecified atom stereocenters. The zero-order valence-corrected chi connectivity index (χ0v) is 23.1. The van der Waals surface area contributed by atoms with Crippen LogP contribution in [0.1, 0.15) is 40.6 Å². The molecule has 1 fully saturated rings. The number of halogens is 1. The molecule has 1 aliphatic rings. The molecule has 0 spiro atoms. The van der Waals surface area contributed by atoms with Gasteiger partial charge in [0.05, 0.1) is 15.6 Å². The maximum atomic E-state index is 12.6. The first kappa shape index (κ1) is 26.9. The number of benzene rings is 2. The third-order valence-electron chi connectivity index (χ3n) is 6.11. The van der Waals surface area contributed by atoms with Gasteiger partial charge in [0.15, 0.2) is 5.11 Å². The number of carbonyl (C=O) groups excluding carboxylic acids is 2. The van der Waals surface area contributed by atoms with Crippen LogP contribution in [-0.4, -0.2) is 48.0 Å². The fourth-order valence-electron chi connectivity index (χ4n) is 4.03. The Morgan fingerprint density at radius 3 is 2.41 bits per heavy atom. The van der Waals surface area contributed by atoms with Gasteiger partial charge >= 0.3 is 0 Å². The summed E-state index contributed by atoms with van der Waals surface area (Å²) in [5.74, 6) is 0.225. The molecule has 1 aliphatic heterocycles. The Balaban J connectivity index is 1.27. The SMILES string of the molecule is CC(C)c1ccc(/C=C/C(=O)NC(=S)Nc2ccc(N3CCN(C(=O)c4cccs4)CC3)c(Cl)c2)cc1. The predicted molar refractivity (Wildman–Crippen MR) is 158 cm³/mol. The van der Waals surface area contributed by atoms with Crippen molar-refractivity contribution in [1.82, 2.24) is 10.2 Å². The molecular formula is C28H29ClN4O2S2. The Labute approximate surface area is 231 Å². The Kier molecular flexibility index (Phi) is 8.97. The van der Waals surface area contributed by atoms with Gasteiger partial charge in [-0.25, -0.2) is 0 Å². The van der Waals surface area contributed by atoms with Crippen LogP contribution < -0.4 is 15.5 Å². The molecule has 2 heterocycles. The molecular weight excluding hydrogens is 524 g/mol. The van der Waals surface area contributed by atoms with E-state index in [1.165, 1.54) is 23.0 Å². The van der Waals surface area contributed by atoms with Crippen molar-refractivity contribution < 1.29 is 9.59 Å². The third-order valence-corrected chi connectivity index (χ3v) is 7.48. The van der Waals surface area contributed by atoms with E-state index in [1.807, 2.05) is 46.7 Å². The molecule has 6 nitrogen and oxygen atoms in total. The van der Waals surface area contributed by atoms with Crippen molar-refractivity contribution in [1.29, 1.82) is 0 Å². The lowest BCUT2D eigenvalue weighted by atomic mass is 10.0. The average molecular weight is 553 g/mol. The number of piperazine rings is 1. The highest BCUT2D eigenvalue weighted by molar-refractivity contribution is 7.80. The van der Waals surface area contributed by atoms with Crippen LogP contribution in [0, 0.1) is 0 Å². The normalized spacial score (nSPS) is 13.7. The molecule has 4 rings (SSSR count). The molecule has 9 heteroatoms. The number of hydrogen-bond acceptors (Lipinski definition) is 5. The highest BCUT2D eigenvalue weighted by atomic mass is 35.5. The number of carbonyl (C=O) groups is 2. The van der Waals surface area contributed by atoms with E-state index in [-0.39, 0.29) is 16.9 Å². The smallest absolute Gasteiger partial charge is 0.264 e. The van der Waals surface area contributed by atoms with Crippen molar-refractivity contribution in [3.05, 3.63) is 87.1 Å². The second-order valence-corrected chi connectivity index (χ2v) is 10.8. The summed E-state index contributed by atoms with van der Waals surface area (Å²) in [6.45, 7) is 6.96. The molecule has 0 aliphatic carbocycles. The Hall–Kier alpha value is -3.20. The van der Waals surface area contributed by atoms with E-state index in [9.17, 15) is 9.59 Å². The van der Waals surface area contributed by atoms with E-state index in [0.717, 1.165) is 16.1 Å². The minimum absolute atomic E-state index is 0.0785. The first-order chi connectivity index (χ1) is 17.8. The predicted octanol–water partition coefficient (Wildman–Crippen LogP) is 6.01. The van der Waals surface area contributed by atoms with Gasteiger partial charge in [-0.3, -0.25) is 14.9 Å². The fraction of sp³-hybridized carbons (Fsp3) is 0.250. The van der Waals surface area contributed by atoms with Crippen LogP contribution in [0.5, 0.6) is 0 Å². The topological polar surface area (TPSA) is 64.7 Å². The molecule has 37 heavy (non-hydrogen) atoms. The van der Waals surface area contributed by atoms with Crippen LogP contribution in [0.3, 0.4) is 0 Å². The van der Waals surface area contributed by atoms with E-state index in [2.05, 4.69) is 41.5 Å². The van der Waals surface area contributed by atoms with Gasteiger partial charge in [0.1, 0.15) is 0 Å². The number of thiophene rings is 1. The second-order valence-electron chi connectivity index (χ2n) is 9.02. The number of hydrogen-bond donors (Lipinski definition) is 2. The summed E-state index contributed by atoms with van der Waals surface area (Å²) in [4.78, 5) is 29.7. The van der Waals surface area contributed by atoms with Gasteiger partial charge in [0, 0.05) is 37.9 Å². The maximum absolute atomic E-state index is 12.6. The molecule has 1 saturated heterocycles. The lowest BCUT2D eigenvalue weighted by Crippen LogP contribution is -2.48. The minimum atomic E-state index is -0.317. The number of nitrogens with one attached hydrogen (secondary N) is 2. The van der Waals surface area contributed by atoms with E-state index >= 15 is 0 Å². The third kappa shape index (κ3) is 7.19. The summed E-state index contributed by atoms with van der Waals surface area (Å²) in [6, 6.07) is 17.4. The monoisotopic (exact) mass is 552 g/mol. The molecule has 2 aromatic carbocycles. The molecule has 192 valence electrons. The molecule has 1 aromatic heterocycles. The van der Waals surface area contributed by atoms with Crippen molar-refractivity contribution in [3.63, 3.8) is 0 Å². The van der Waals surface area contributed by atoms with Crippen LogP contribution in [0.25, 0.3) is 6.08 Å². The first-order valence-electron chi connectivity index (χ1n) is 12.1. The van der Waals surface area contributed by atoms with Crippen LogP contribution >= 0.6 is 35.2 Å². The van der Waals surface area contributed by atoms with Crippen molar-refractivity contribution in [3.8, 4) is 0 Å².